The molecule has 0 aliphatic carbocycles. The molecule has 1 rings (SSSR count). The molecular formula is C10H15FN2. The Balaban J connectivity index is 3.13. The minimum absolute atomic E-state index is 0.251. The number of rotatable bonds is 1. The van der Waals surface area contributed by atoms with Gasteiger partial charge in [-0.3, -0.25) is 0 Å². The summed E-state index contributed by atoms with van der Waals surface area (Å²) in [5, 5.41) is 7.83. The third-order valence-corrected chi connectivity index (χ3v) is 1.87. The van der Waals surface area contributed by atoms with Crippen molar-refractivity contribution in [2.24, 2.45) is 0 Å². The van der Waals surface area contributed by atoms with Crippen molar-refractivity contribution in [3.63, 3.8) is 0 Å². The maximum atomic E-state index is 13.4. The van der Waals surface area contributed by atoms with Crippen LogP contribution < -0.4 is 0 Å². The topological polar surface area (TPSA) is 25.8 Å². The van der Waals surface area contributed by atoms with Crippen molar-refractivity contribution < 1.29 is 4.39 Å². The summed E-state index contributed by atoms with van der Waals surface area (Å²) in [5.41, 5.74) is 0.860. The van der Waals surface area contributed by atoms with Gasteiger partial charge in [0.15, 0.2) is 0 Å². The fourth-order valence-electron chi connectivity index (χ4n) is 1.09. The maximum absolute atomic E-state index is 13.4. The number of aromatic nitrogens is 2. The fourth-order valence-corrected chi connectivity index (χ4v) is 1.09. The molecule has 0 spiro atoms. The first kappa shape index (κ1) is 10.1. The Labute approximate surface area is 78.2 Å². The Bertz CT molecular complexity index is 302. The highest BCUT2D eigenvalue weighted by Gasteiger charge is 2.20. The van der Waals surface area contributed by atoms with E-state index in [1.165, 1.54) is 6.07 Å². The Morgan fingerprint density at radius 3 is 2.31 bits per heavy atom. The zero-order valence-electron chi connectivity index (χ0n) is 8.56. The lowest BCUT2D eigenvalue weighted by molar-refractivity contribution is 0.489. The standard InChI is InChI=1S/C10H15FN2/c1-5-7-6-8(11)9(13-12-7)10(2,3)4/h6H,5H2,1-4H3. The lowest BCUT2D eigenvalue weighted by atomic mass is 9.91. The van der Waals surface area contributed by atoms with E-state index in [0.29, 0.717) is 17.8 Å². The molecule has 0 bridgehead atoms. The maximum Gasteiger partial charge on any atom is 0.148 e. The quantitative estimate of drug-likeness (QED) is 0.666. The summed E-state index contributed by atoms with van der Waals surface area (Å²) in [5.74, 6) is -0.251. The average molecular weight is 182 g/mol. The summed E-state index contributed by atoms with van der Waals surface area (Å²) in [7, 11) is 0. The molecule has 0 aromatic carbocycles. The predicted octanol–water partition coefficient (Wildman–Crippen LogP) is 2.48. The molecule has 13 heavy (non-hydrogen) atoms. The van der Waals surface area contributed by atoms with Crippen molar-refractivity contribution in [2.75, 3.05) is 0 Å². The molecule has 0 radical (unpaired) electrons. The van der Waals surface area contributed by atoms with E-state index < -0.39 is 0 Å². The summed E-state index contributed by atoms with van der Waals surface area (Å²) < 4.78 is 13.4. The Morgan fingerprint density at radius 1 is 1.31 bits per heavy atom. The van der Waals surface area contributed by atoms with Crippen LogP contribution >= 0.6 is 0 Å². The second kappa shape index (κ2) is 3.40. The number of aryl methyl sites for hydroxylation is 1. The number of halogens is 1. The monoisotopic (exact) mass is 182 g/mol. The summed E-state index contributed by atoms with van der Waals surface area (Å²) in [4.78, 5) is 0. The van der Waals surface area contributed by atoms with E-state index in [1.54, 1.807) is 0 Å². The molecule has 1 heterocycles. The van der Waals surface area contributed by atoms with E-state index in [1.807, 2.05) is 27.7 Å². The molecule has 0 fully saturated rings. The summed E-state index contributed by atoms with van der Waals surface area (Å²) in [6.07, 6.45) is 0.717. The van der Waals surface area contributed by atoms with E-state index in [4.69, 9.17) is 0 Å². The van der Waals surface area contributed by atoms with Gasteiger partial charge in [0.25, 0.3) is 0 Å². The normalized spacial score (nSPS) is 11.8. The van der Waals surface area contributed by atoms with E-state index in [2.05, 4.69) is 10.2 Å². The van der Waals surface area contributed by atoms with Gasteiger partial charge in [0.2, 0.25) is 0 Å². The molecule has 0 amide bonds. The molecule has 0 saturated heterocycles. The molecule has 0 N–H and O–H groups in total. The minimum Gasteiger partial charge on any atom is -0.205 e. The van der Waals surface area contributed by atoms with Gasteiger partial charge in [0.1, 0.15) is 11.5 Å². The lowest BCUT2D eigenvalue weighted by Crippen LogP contribution is -2.17. The lowest BCUT2D eigenvalue weighted by Gasteiger charge is -2.17. The van der Waals surface area contributed by atoms with E-state index >= 15 is 0 Å². The van der Waals surface area contributed by atoms with Gasteiger partial charge in [0.05, 0.1) is 5.69 Å². The van der Waals surface area contributed by atoms with Crippen molar-refractivity contribution in [1.82, 2.24) is 10.2 Å². The van der Waals surface area contributed by atoms with Crippen LogP contribution in [0.4, 0.5) is 4.39 Å². The van der Waals surface area contributed by atoms with E-state index in [0.717, 1.165) is 0 Å². The van der Waals surface area contributed by atoms with Crippen LogP contribution in [0.2, 0.25) is 0 Å². The first-order valence-electron chi connectivity index (χ1n) is 4.47. The number of nitrogens with zero attached hydrogens (tertiary/aromatic N) is 2. The molecule has 0 saturated carbocycles. The van der Waals surface area contributed by atoms with Crippen LogP contribution in [0.5, 0.6) is 0 Å². The van der Waals surface area contributed by atoms with Crippen molar-refractivity contribution in [2.45, 2.75) is 39.5 Å². The first-order valence-corrected chi connectivity index (χ1v) is 4.47. The molecular weight excluding hydrogens is 167 g/mol. The zero-order chi connectivity index (χ0) is 10.1. The van der Waals surface area contributed by atoms with Gasteiger partial charge in [-0.15, -0.1) is 0 Å². The molecule has 0 aliphatic rings. The van der Waals surface area contributed by atoms with Crippen LogP contribution in [0.25, 0.3) is 0 Å². The molecule has 1 aromatic rings. The molecule has 72 valence electrons. The van der Waals surface area contributed by atoms with Crippen molar-refractivity contribution in [3.8, 4) is 0 Å². The summed E-state index contributed by atoms with van der Waals surface area (Å²) in [6, 6.07) is 1.47. The van der Waals surface area contributed by atoms with Gasteiger partial charge in [-0.1, -0.05) is 27.7 Å². The van der Waals surface area contributed by atoms with Crippen molar-refractivity contribution in [3.05, 3.63) is 23.3 Å². The third-order valence-electron chi connectivity index (χ3n) is 1.87. The SMILES string of the molecule is CCc1cc(F)c(C(C)(C)C)nn1. The predicted molar refractivity (Wildman–Crippen MR) is 50.1 cm³/mol. The van der Waals surface area contributed by atoms with E-state index in [-0.39, 0.29) is 11.2 Å². The third kappa shape index (κ3) is 2.23. The highest BCUT2D eigenvalue weighted by atomic mass is 19.1. The van der Waals surface area contributed by atoms with Crippen LogP contribution in [-0.4, -0.2) is 10.2 Å². The smallest absolute Gasteiger partial charge is 0.148 e. The second-order valence-electron chi connectivity index (χ2n) is 4.14. The van der Waals surface area contributed by atoms with Gasteiger partial charge in [-0.25, -0.2) is 4.39 Å². The number of hydrogen-bond donors (Lipinski definition) is 0. The van der Waals surface area contributed by atoms with Crippen LogP contribution in [0.1, 0.15) is 39.1 Å². The summed E-state index contributed by atoms with van der Waals surface area (Å²) in [6.45, 7) is 7.70. The summed E-state index contributed by atoms with van der Waals surface area (Å²) >= 11 is 0. The van der Waals surface area contributed by atoms with Gasteiger partial charge in [0, 0.05) is 5.41 Å². The van der Waals surface area contributed by atoms with Crippen molar-refractivity contribution in [1.29, 1.82) is 0 Å². The Morgan fingerprint density at radius 2 is 1.92 bits per heavy atom. The van der Waals surface area contributed by atoms with Gasteiger partial charge in [-0.05, 0) is 12.5 Å². The van der Waals surface area contributed by atoms with Gasteiger partial charge in [-0.2, -0.15) is 10.2 Å². The fraction of sp³-hybridized carbons (Fsp3) is 0.600. The van der Waals surface area contributed by atoms with Gasteiger partial charge < -0.3 is 0 Å². The minimum atomic E-state index is -0.274. The second-order valence-corrected chi connectivity index (χ2v) is 4.14. The largest absolute Gasteiger partial charge is 0.205 e. The molecule has 0 atom stereocenters. The van der Waals surface area contributed by atoms with Gasteiger partial charge >= 0.3 is 0 Å². The highest BCUT2D eigenvalue weighted by molar-refractivity contribution is 5.16. The van der Waals surface area contributed by atoms with E-state index in [9.17, 15) is 4.39 Å². The first-order chi connectivity index (χ1) is 5.95. The molecule has 1 aromatic heterocycles. The molecule has 0 aliphatic heterocycles. The average Bonchev–Trinajstić information content (AvgIpc) is 2.01. The van der Waals surface area contributed by atoms with Crippen molar-refractivity contribution >= 4 is 0 Å². The number of hydrogen-bond acceptors (Lipinski definition) is 2. The molecule has 3 heteroatoms. The zero-order valence-corrected chi connectivity index (χ0v) is 8.56. The highest BCUT2D eigenvalue weighted by Crippen LogP contribution is 2.22. The molecule has 2 nitrogen and oxygen atoms in total. The van der Waals surface area contributed by atoms with Crippen LogP contribution in [0.15, 0.2) is 6.07 Å². The van der Waals surface area contributed by atoms with Crippen LogP contribution in [0, 0.1) is 5.82 Å². The Hall–Kier alpha value is -0.990. The van der Waals surface area contributed by atoms with Crippen LogP contribution in [0.3, 0.4) is 0 Å². The van der Waals surface area contributed by atoms with Crippen LogP contribution in [-0.2, 0) is 11.8 Å². The molecule has 0 unspecified atom stereocenters. The Kier molecular flexibility index (Phi) is 2.64.